The van der Waals surface area contributed by atoms with Gasteiger partial charge in [0.15, 0.2) is 0 Å². The van der Waals surface area contributed by atoms with Gasteiger partial charge in [-0.05, 0) is 42.8 Å². The Balaban J connectivity index is 0. The van der Waals surface area contributed by atoms with Gasteiger partial charge in [-0.25, -0.2) is 0 Å². The largest absolute Gasteiger partial charge is 4.00 e. The third-order valence-electron chi connectivity index (χ3n) is 4.92. The van der Waals surface area contributed by atoms with Crippen molar-refractivity contribution < 1.29 is 51.6 Å². The summed E-state index contributed by atoms with van der Waals surface area (Å²) >= 11 is 0. The van der Waals surface area contributed by atoms with Crippen molar-refractivity contribution in [2.24, 2.45) is 5.41 Å². The molecule has 0 aliphatic rings. The molecule has 0 aliphatic heterocycles. The van der Waals surface area contributed by atoms with Gasteiger partial charge in [-0.2, -0.15) is 0 Å². The number of nitrogen functional groups attached to an aromatic ring is 3. The average molecular weight is 586 g/mol. The molecule has 0 unspecified atom stereocenters. The van der Waals surface area contributed by atoms with Crippen molar-refractivity contribution in [3.63, 3.8) is 0 Å². The number of hydrogen-bond acceptors (Lipinski definition) is 9. The van der Waals surface area contributed by atoms with Crippen LogP contribution in [0.15, 0.2) is 98.1 Å². The van der Waals surface area contributed by atoms with Crippen molar-refractivity contribution in [2.75, 3.05) is 50.2 Å². The fourth-order valence-electron chi connectivity index (χ4n) is 2.69. The molecule has 0 bridgehead atoms. The van der Waals surface area contributed by atoms with Crippen LogP contribution < -0.4 is 37.6 Å². The van der Waals surface area contributed by atoms with Gasteiger partial charge in [0, 0.05) is 22.5 Å². The number of rotatable bonds is 10. The van der Waals surface area contributed by atoms with Gasteiger partial charge in [0.1, 0.15) is 0 Å². The zero-order valence-electron chi connectivity index (χ0n) is 22.9. The summed E-state index contributed by atoms with van der Waals surface area (Å²) in [6.07, 6.45) is 4.11. The number of benzene rings is 3. The van der Waals surface area contributed by atoms with Crippen LogP contribution in [0.25, 0.3) is 0 Å². The number of ether oxygens (including phenoxy) is 2. The van der Waals surface area contributed by atoms with E-state index in [4.69, 9.17) is 26.7 Å². The molecule has 0 aliphatic carbocycles. The molecule has 0 saturated heterocycles. The third kappa shape index (κ3) is 19.6. The van der Waals surface area contributed by atoms with E-state index >= 15 is 0 Å². The van der Waals surface area contributed by atoms with Gasteiger partial charge >= 0.3 is 21.7 Å². The maximum Gasteiger partial charge on any atom is 4.00 e. The number of hydrogen-bond donors (Lipinski definition) is 3. The minimum Gasteiger partial charge on any atom is -0.872 e. The van der Waals surface area contributed by atoms with E-state index in [9.17, 15) is 20.4 Å². The van der Waals surface area contributed by atoms with E-state index in [2.05, 4.69) is 13.2 Å². The second kappa shape index (κ2) is 23.4. The third-order valence-corrected chi connectivity index (χ3v) is 4.92. The van der Waals surface area contributed by atoms with Gasteiger partial charge in [-0.1, -0.05) is 55.5 Å². The van der Waals surface area contributed by atoms with E-state index in [1.54, 1.807) is 48.6 Å². The quantitative estimate of drug-likeness (QED) is 0.139. The molecule has 214 valence electrons. The van der Waals surface area contributed by atoms with Crippen LogP contribution in [0, 0.1) is 5.41 Å². The van der Waals surface area contributed by atoms with Crippen molar-refractivity contribution >= 4 is 17.1 Å². The van der Waals surface area contributed by atoms with Crippen LogP contribution in [0.4, 0.5) is 17.1 Å². The van der Waals surface area contributed by atoms with Crippen molar-refractivity contribution in [3.8, 4) is 17.2 Å². The first-order valence-corrected chi connectivity index (χ1v) is 12.1. The predicted molar refractivity (Wildman–Crippen MR) is 151 cm³/mol. The first kappa shape index (κ1) is 38.7. The summed E-state index contributed by atoms with van der Waals surface area (Å²) in [6.45, 7) is 10.7. The van der Waals surface area contributed by atoms with Crippen molar-refractivity contribution in [2.45, 2.75) is 13.3 Å². The molecule has 0 atom stereocenters. The summed E-state index contributed by atoms with van der Waals surface area (Å²) in [5.74, 6) is -0.111. The van der Waals surface area contributed by atoms with Crippen molar-refractivity contribution in [1.29, 1.82) is 0 Å². The minimum absolute atomic E-state index is 0. The van der Waals surface area contributed by atoms with Crippen molar-refractivity contribution in [3.05, 3.63) is 98.1 Å². The second-order valence-electron chi connectivity index (χ2n) is 8.32. The van der Waals surface area contributed by atoms with Gasteiger partial charge in [-0.15, -0.1) is 37.0 Å². The topological polar surface area (TPSA) is 189 Å². The van der Waals surface area contributed by atoms with Crippen LogP contribution in [-0.4, -0.2) is 33.0 Å². The maximum absolute atomic E-state index is 11.2. The standard InChI is InChI=1S/C12H21O3.3C6H7NO.Ti/c1-4-7-14-10-12(6-3,9-13)11-15-8-5-2;3*7-5-2-1-3-6(8)4-5;/h4-5H,1-2,6-11H2,3H3;3*1-4,8H,7H2;/q-1;;;;+4/p-3. The predicted octanol–water partition coefficient (Wildman–Crippen LogP) is 2.17. The summed E-state index contributed by atoms with van der Waals surface area (Å²) in [5, 5.41) is 42.4. The Morgan fingerprint density at radius 1 is 0.700 bits per heavy atom. The van der Waals surface area contributed by atoms with Crippen LogP contribution >= 0.6 is 0 Å². The Bertz CT molecular complexity index is 909. The minimum atomic E-state index is -0.411. The molecule has 3 aromatic rings. The number of anilines is 3. The first-order valence-electron chi connectivity index (χ1n) is 12.1. The maximum atomic E-state index is 11.2. The Morgan fingerprint density at radius 2 is 1.02 bits per heavy atom. The summed E-state index contributed by atoms with van der Waals surface area (Å²) in [6, 6.07) is 18.5. The fourth-order valence-corrected chi connectivity index (χ4v) is 2.69. The second-order valence-corrected chi connectivity index (χ2v) is 8.32. The normalized spacial score (nSPS) is 9.65. The molecule has 0 amide bonds. The van der Waals surface area contributed by atoms with Crippen LogP contribution in [0.2, 0.25) is 0 Å². The average Bonchev–Trinajstić information content (AvgIpc) is 2.89. The molecule has 40 heavy (non-hydrogen) atoms. The summed E-state index contributed by atoms with van der Waals surface area (Å²) < 4.78 is 10.7. The van der Waals surface area contributed by atoms with Gasteiger partial charge in [-0.3, -0.25) is 0 Å². The summed E-state index contributed by atoms with van der Waals surface area (Å²) in [7, 11) is 0. The molecule has 10 heteroatoms. The van der Waals surface area contributed by atoms with E-state index in [1.165, 1.54) is 36.4 Å². The number of nitrogens with two attached hydrogens (primary N) is 3. The molecule has 3 rings (SSSR count). The van der Waals surface area contributed by atoms with Crippen LogP contribution in [0.1, 0.15) is 13.3 Å². The van der Waals surface area contributed by atoms with E-state index < -0.39 is 5.41 Å². The monoisotopic (exact) mass is 585 g/mol. The Morgan fingerprint density at radius 3 is 1.20 bits per heavy atom. The molecule has 0 spiro atoms. The van der Waals surface area contributed by atoms with Crippen molar-refractivity contribution in [1.82, 2.24) is 0 Å². The van der Waals surface area contributed by atoms with Gasteiger partial charge in [0.05, 0.1) is 26.4 Å². The van der Waals surface area contributed by atoms with E-state index in [-0.39, 0.29) is 45.6 Å². The van der Waals surface area contributed by atoms with Crippen LogP contribution in [0.3, 0.4) is 0 Å². The Kier molecular flexibility index (Phi) is 22.7. The van der Waals surface area contributed by atoms with E-state index in [1.807, 2.05) is 6.92 Å². The molecule has 0 aromatic heterocycles. The van der Waals surface area contributed by atoms with Gasteiger partial charge in [0.2, 0.25) is 0 Å². The molecule has 0 saturated carbocycles. The summed E-state index contributed by atoms with van der Waals surface area (Å²) in [5.41, 5.74) is 16.9. The SMILES string of the molecule is C=CCOCC(CC)(C[O-])COCC=C.Nc1cccc([O-])c1.Nc1cccc([O-])c1.Nc1cccc([O-])c1.[Ti+4]. The molecular weight excluding hydrogens is 546 g/mol. The molecule has 0 radical (unpaired) electrons. The van der Waals surface area contributed by atoms with Crippen LogP contribution in [0.5, 0.6) is 17.2 Å². The van der Waals surface area contributed by atoms with Crippen LogP contribution in [-0.2, 0) is 31.2 Å². The molecule has 0 heterocycles. The smallest absolute Gasteiger partial charge is 0.872 e. The Hall–Kier alpha value is -3.47. The molecule has 0 fully saturated rings. The zero-order valence-corrected chi connectivity index (χ0v) is 24.5. The summed E-state index contributed by atoms with van der Waals surface area (Å²) in [4.78, 5) is 0. The van der Waals surface area contributed by atoms with Gasteiger partial charge < -0.3 is 47.1 Å². The molecule has 9 nitrogen and oxygen atoms in total. The fraction of sp³-hybridized carbons (Fsp3) is 0.267. The Labute approximate surface area is 252 Å². The van der Waals surface area contributed by atoms with E-state index in [0.717, 1.165) is 6.42 Å². The van der Waals surface area contributed by atoms with E-state index in [0.29, 0.717) is 43.5 Å². The molecule has 3 aromatic carbocycles. The zero-order chi connectivity index (χ0) is 29.5. The molecule has 6 N–H and O–H groups in total. The first-order chi connectivity index (χ1) is 18.6. The molecular formula is C30H39N3O6Ti. The van der Waals surface area contributed by atoms with Gasteiger partial charge in [0.25, 0.3) is 0 Å².